The number of thioether (sulfide) groups is 13. The molecule has 0 atom stereocenters. The third-order valence-corrected chi connectivity index (χ3v) is 24.6. The molecule has 38 heavy (non-hydrogen) atoms. The lowest BCUT2D eigenvalue weighted by Crippen LogP contribution is -2.04. The van der Waals surface area contributed by atoms with Crippen molar-refractivity contribution in [2.75, 3.05) is 47.5 Å². The largest absolute Gasteiger partial charge is 0.298 e. The van der Waals surface area contributed by atoms with Crippen LogP contribution in [0.3, 0.4) is 0 Å². The molecule has 0 saturated heterocycles. The molecule has 1 nitrogen and oxygen atoms in total. The highest BCUT2D eigenvalue weighted by Crippen LogP contribution is 2.65. The van der Waals surface area contributed by atoms with Gasteiger partial charge in [0, 0.05) is 32.0 Å². The Kier molecular flexibility index (Phi) is 15.9. The van der Waals surface area contributed by atoms with Gasteiger partial charge in [0.1, 0.15) is 0 Å². The third-order valence-electron chi connectivity index (χ3n) is 4.50. The second kappa shape index (κ2) is 17.4. The zero-order valence-electron chi connectivity index (χ0n) is 20.1. The van der Waals surface area contributed by atoms with Crippen LogP contribution < -0.4 is 0 Å². The minimum atomic E-state index is 0.277. The molecule has 0 aromatic heterocycles. The van der Waals surface area contributed by atoms with E-state index in [4.69, 9.17) is 0 Å². The van der Waals surface area contributed by atoms with Gasteiger partial charge in [0.2, 0.25) is 0 Å². The van der Waals surface area contributed by atoms with Gasteiger partial charge in [-0.1, -0.05) is 94.1 Å². The number of hydrogen-bond donors (Lipinski definition) is 3. The Labute approximate surface area is 297 Å². The highest BCUT2D eigenvalue weighted by Gasteiger charge is 2.31. The number of carbonyl (C=O) groups excluding carboxylic acids is 1. The molecule has 0 N–H and O–H groups in total. The first-order chi connectivity index (χ1) is 18.4. The summed E-state index contributed by atoms with van der Waals surface area (Å²) in [6.45, 7) is 0. The molecule has 0 spiro atoms. The van der Waals surface area contributed by atoms with Crippen LogP contribution in [0.5, 0.6) is 0 Å². The van der Waals surface area contributed by atoms with Gasteiger partial charge >= 0.3 is 0 Å². The van der Waals surface area contributed by atoms with Crippen molar-refractivity contribution in [2.24, 2.45) is 0 Å². The van der Waals surface area contributed by atoms with Crippen LogP contribution in [-0.4, -0.2) is 53.3 Å². The molecule has 0 fully saturated rings. The van der Waals surface area contributed by atoms with E-state index in [9.17, 15) is 4.79 Å². The van der Waals surface area contributed by atoms with Crippen molar-refractivity contribution in [3.05, 3.63) is 52.8 Å². The second-order valence-electron chi connectivity index (χ2n) is 6.88. The van der Waals surface area contributed by atoms with Crippen LogP contribution in [0.15, 0.2) is 52.8 Å². The minimum absolute atomic E-state index is 0.277. The van der Waals surface area contributed by atoms with Gasteiger partial charge in [0.15, 0.2) is 5.78 Å². The first kappa shape index (κ1) is 34.6. The van der Waals surface area contributed by atoms with Crippen LogP contribution in [-0.2, 0) is 4.79 Å². The van der Waals surface area contributed by atoms with Gasteiger partial charge in [0.25, 0.3) is 0 Å². The van der Waals surface area contributed by atoms with E-state index in [0.29, 0.717) is 17.3 Å². The first-order valence-electron chi connectivity index (χ1n) is 10.5. The van der Waals surface area contributed by atoms with Gasteiger partial charge < -0.3 is 0 Å². The summed E-state index contributed by atoms with van der Waals surface area (Å²) in [5, 5.41) is 0. The molecular formula is C21H22OS16. The van der Waals surface area contributed by atoms with Crippen molar-refractivity contribution in [1.29, 1.82) is 0 Å². The SMILES string of the molecule is CSC1=C(SC)SC(=C2SC(CS)=C(SCC(=O)CSC3=C(SC)SC(=C4SC(CS)=C(CS)S4)S3)S2)S1. The molecule has 0 unspecified atom stereocenters. The monoisotopic (exact) mass is 802 g/mol. The van der Waals surface area contributed by atoms with E-state index < -0.39 is 0 Å². The van der Waals surface area contributed by atoms with Crippen molar-refractivity contribution >= 4 is 197 Å². The fourth-order valence-corrected chi connectivity index (χ4v) is 21.8. The minimum Gasteiger partial charge on any atom is -0.298 e. The highest BCUT2D eigenvalue weighted by molar-refractivity contribution is 8.44. The summed E-state index contributed by atoms with van der Waals surface area (Å²) in [5.41, 5.74) is 0. The molecule has 208 valence electrons. The fourth-order valence-electron chi connectivity index (χ4n) is 2.80. The molecule has 4 aliphatic rings. The highest BCUT2D eigenvalue weighted by atomic mass is 32.3. The van der Waals surface area contributed by atoms with Crippen LogP contribution in [0, 0.1) is 0 Å². The zero-order chi connectivity index (χ0) is 27.2. The van der Waals surface area contributed by atoms with Gasteiger partial charge in [0.05, 0.1) is 49.6 Å². The average Bonchev–Trinajstić information content (AvgIpc) is 3.73. The molecule has 0 aromatic carbocycles. The quantitative estimate of drug-likeness (QED) is 0.163. The average molecular weight is 803 g/mol. The number of rotatable bonds is 12. The van der Waals surface area contributed by atoms with Gasteiger partial charge in [-0.25, -0.2) is 0 Å². The fraction of sp³-hybridized carbons (Fsp3) is 0.381. The number of ketones is 1. The summed E-state index contributed by atoms with van der Waals surface area (Å²) in [4.78, 5) is 16.8. The molecule has 17 heteroatoms. The maximum Gasteiger partial charge on any atom is 0.153 e. The molecule has 4 rings (SSSR count). The number of thiol groups is 3. The maximum absolute atomic E-state index is 12.9. The molecule has 0 saturated carbocycles. The maximum atomic E-state index is 12.9. The van der Waals surface area contributed by atoms with Gasteiger partial charge in [-0.2, -0.15) is 37.9 Å². The van der Waals surface area contributed by atoms with E-state index in [1.807, 2.05) is 118 Å². The lowest BCUT2D eigenvalue weighted by Gasteiger charge is -2.05. The van der Waals surface area contributed by atoms with Crippen LogP contribution in [0.25, 0.3) is 0 Å². The number of hydrogen-bond acceptors (Lipinski definition) is 17. The smallest absolute Gasteiger partial charge is 0.153 e. The summed E-state index contributed by atoms with van der Waals surface area (Å²) >= 11 is 37.1. The van der Waals surface area contributed by atoms with Crippen LogP contribution in [0.1, 0.15) is 0 Å². The van der Waals surface area contributed by atoms with E-state index in [1.165, 1.54) is 52.8 Å². The van der Waals surface area contributed by atoms with E-state index in [1.54, 1.807) is 35.3 Å². The summed E-state index contributed by atoms with van der Waals surface area (Å²) < 4.78 is 11.9. The summed E-state index contributed by atoms with van der Waals surface area (Å²) in [7, 11) is 0. The Bertz CT molecular complexity index is 1040. The first-order valence-corrected chi connectivity index (χ1v) is 24.6. The van der Waals surface area contributed by atoms with Gasteiger partial charge in [-0.3, -0.25) is 4.79 Å². The topological polar surface area (TPSA) is 17.1 Å². The van der Waals surface area contributed by atoms with Crippen LogP contribution in [0.4, 0.5) is 0 Å². The lowest BCUT2D eigenvalue weighted by atomic mass is 10.5. The van der Waals surface area contributed by atoms with E-state index in [0.717, 1.165) is 11.5 Å². The number of carbonyl (C=O) groups is 1. The zero-order valence-corrected chi connectivity index (χ0v) is 33.4. The van der Waals surface area contributed by atoms with Gasteiger partial charge in [-0.05, 0) is 18.8 Å². The molecule has 0 bridgehead atoms. The predicted molar refractivity (Wildman–Crippen MR) is 215 cm³/mol. The lowest BCUT2D eigenvalue weighted by molar-refractivity contribution is -0.114. The second-order valence-corrected chi connectivity index (χ2v) is 23.0. The molecule has 0 aliphatic carbocycles. The Balaban J connectivity index is 1.29. The summed E-state index contributed by atoms with van der Waals surface area (Å²) in [6.07, 6.45) is 6.41. The summed E-state index contributed by atoms with van der Waals surface area (Å²) in [6, 6.07) is 0. The van der Waals surface area contributed by atoms with Crippen molar-refractivity contribution in [3.63, 3.8) is 0 Å². The van der Waals surface area contributed by atoms with Crippen LogP contribution >= 0.6 is 191 Å². The number of Topliss-reactive ketones (excluding diaryl/α,β-unsaturated/α-hetero) is 1. The molecule has 4 aliphatic heterocycles. The molecule has 0 amide bonds. The molecule has 4 heterocycles. The Morgan fingerprint density at radius 3 is 1.34 bits per heavy atom. The van der Waals surface area contributed by atoms with Crippen molar-refractivity contribution in [1.82, 2.24) is 0 Å². The van der Waals surface area contributed by atoms with Crippen molar-refractivity contribution in [2.45, 2.75) is 0 Å². The van der Waals surface area contributed by atoms with Crippen LogP contribution in [0.2, 0.25) is 0 Å². The van der Waals surface area contributed by atoms with E-state index in [2.05, 4.69) is 56.7 Å². The summed E-state index contributed by atoms with van der Waals surface area (Å²) in [5.74, 6) is 3.49. The Hall–Kier alpha value is 3.71. The third kappa shape index (κ3) is 8.91. The Morgan fingerprint density at radius 1 is 0.526 bits per heavy atom. The predicted octanol–water partition coefficient (Wildman–Crippen LogP) is 11.7. The van der Waals surface area contributed by atoms with Crippen molar-refractivity contribution < 1.29 is 4.79 Å². The van der Waals surface area contributed by atoms with E-state index >= 15 is 0 Å². The molecular weight excluding hydrogens is 781 g/mol. The molecule has 0 radical (unpaired) electrons. The Morgan fingerprint density at radius 2 is 0.868 bits per heavy atom. The standard InChI is InChI=1S/C21H22OS16/c1-26-14-15(27-2)36-21(35-14)19-33-12(6-25)13(34-19)29-7-9(22)8-30-17-16(28-3)37-20(38-17)18-31-10(4-23)11(5-24)32-18/h23-25H,4-8H2,1-3H3. The normalized spacial score (nSPS) is 20.6. The van der Waals surface area contributed by atoms with E-state index in [-0.39, 0.29) is 5.78 Å². The molecule has 0 aromatic rings. The van der Waals surface area contributed by atoms with Gasteiger partial charge in [-0.15, -0.1) is 58.8 Å². The van der Waals surface area contributed by atoms with Crippen molar-refractivity contribution in [3.8, 4) is 0 Å².